The highest BCUT2D eigenvalue weighted by Gasteiger charge is 2.15. The molecule has 0 saturated heterocycles. The Morgan fingerprint density at radius 2 is 1.91 bits per heavy atom. The minimum Gasteiger partial charge on any atom is -0.361 e. The topological polar surface area (TPSA) is 88.5 Å². The van der Waals surface area contributed by atoms with Crippen molar-refractivity contribution in [1.29, 1.82) is 0 Å². The predicted octanol–water partition coefficient (Wildman–Crippen LogP) is 4.65. The highest BCUT2D eigenvalue weighted by molar-refractivity contribution is 6.30. The van der Waals surface area contributed by atoms with E-state index < -0.39 is 0 Å². The molecular weight excluding hydrogens is 436 g/mol. The van der Waals surface area contributed by atoms with Gasteiger partial charge in [0.05, 0.1) is 17.5 Å². The summed E-state index contributed by atoms with van der Waals surface area (Å²) in [5.41, 5.74) is 4.77. The summed E-state index contributed by atoms with van der Waals surface area (Å²) >= 11 is 6.04. The molecule has 164 valence electrons. The van der Waals surface area contributed by atoms with Crippen LogP contribution in [0.25, 0.3) is 33.5 Å². The molecule has 0 spiro atoms. The summed E-state index contributed by atoms with van der Waals surface area (Å²) < 4.78 is 1.68. The molecule has 5 aromatic rings. The van der Waals surface area contributed by atoms with Crippen LogP contribution >= 0.6 is 11.6 Å². The molecule has 0 aliphatic heterocycles. The third kappa shape index (κ3) is 4.49. The molecule has 2 aromatic carbocycles. The molecule has 0 fully saturated rings. The van der Waals surface area contributed by atoms with Gasteiger partial charge < -0.3 is 10.3 Å². The second kappa shape index (κ2) is 8.88. The zero-order valence-corrected chi connectivity index (χ0v) is 18.7. The monoisotopic (exact) mass is 456 g/mol. The fourth-order valence-electron chi connectivity index (χ4n) is 3.74. The summed E-state index contributed by atoms with van der Waals surface area (Å²) in [5, 5.41) is 8.99. The number of carbonyl (C=O) groups excluding carboxylic acids is 1. The number of amides is 1. The molecule has 0 unspecified atom stereocenters. The summed E-state index contributed by atoms with van der Waals surface area (Å²) in [7, 11) is 1.82. The van der Waals surface area contributed by atoms with Gasteiger partial charge in [-0.25, -0.2) is 9.97 Å². The standard InChI is InChI=1S/C25H21ClN6O/c1-32-15-18(14-29-32)24-30-22(16-6-8-19(26)9-7-16)12-23(31-24)25(33)27-11-10-17-13-28-21-5-3-2-4-20(17)21/h2-9,12-15,28H,10-11H2,1H3,(H,27,33). The molecule has 0 saturated carbocycles. The smallest absolute Gasteiger partial charge is 0.270 e. The molecule has 7 nitrogen and oxygen atoms in total. The number of nitrogens with one attached hydrogen (secondary N) is 2. The molecule has 0 aliphatic carbocycles. The third-order valence-electron chi connectivity index (χ3n) is 5.42. The lowest BCUT2D eigenvalue weighted by Crippen LogP contribution is -2.26. The van der Waals surface area contributed by atoms with Crippen molar-refractivity contribution in [2.45, 2.75) is 6.42 Å². The maximum absolute atomic E-state index is 13.0. The Morgan fingerprint density at radius 3 is 2.70 bits per heavy atom. The van der Waals surface area contributed by atoms with Gasteiger partial charge in [-0.1, -0.05) is 41.9 Å². The number of fused-ring (bicyclic) bond motifs is 1. The van der Waals surface area contributed by atoms with E-state index in [9.17, 15) is 4.79 Å². The van der Waals surface area contributed by atoms with Crippen molar-refractivity contribution in [2.24, 2.45) is 7.05 Å². The Bertz CT molecular complexity index is 1440. The Kier molecular flexibility index (Phi) is 5.62. The van der Waals surface area contributed by atoms with Crippen molar-refractivity contribution in [3.05, 3.63) is 89.5 Å². The maximum Gasteiger partial charge on any atom is 0.270 e. The first kappa shape index (κ1) is 20.9. The molecule has 0 atom stereocenters. The summed E-state index contributed by atoms with van der Waals surface area (Å²) in [6.07, 6.45) is 6.19. The zero-order valence-electron chi connectivity index (χ0n) is 17.9. The number of carbonyl (C=O) groups is 1. The van der Waals surface area contributed by atoms with Crippen molar-refractivity contribution in [3.8, 4) is 22.6 Å². The van der Waals surface area contributed by atoms with E-state index in [1.54, 1.807) is 29.1 Å². The average Bonchev–Trinajstić information content (AvgIpc) is 3.45. The minimum absolute atomic E-state index is 0.252. The fraction of sp³-hybridized carbons (Fsp3) is 0.120. The van der Waals surface area contributed by atoms with E-state index in [0.29, 0.717) is 35.2 Å². The fourth-order valence-corrected chi connectivity index (χ4v) is 3.86. The molecular formula is C25H21ClN6O. The number of para-hydroxylation sites is 1. The highest BCUT2D eigenvalue weighted by atomic mass is 35.5. The number of aryl methyl sites for hydroxylation is 1. The quantitative estimate of drug-likeness (QED) is 0.389. The second-order valence-corrected chi connectivity index (χ2v) is 8.17. The Morgan fingerprint density at radius 1 is 1.09 bits per heavy atom. The lowest BCUT2D eigenvalue weighted by Gasteiger charge is -2.09. The van der Waals surface area contributed by atoms with E-state index >= 15 is 0 Å². The van der Waals surface area contributed by atoms with Crippen LogP contribution in [0.15, 0.2) is 73.2 Å². The molecule has 0 bridgehead atoms. The lowest BCUT2D eigenvalue weighted by molar-refractivity contribution is 0.0949. The average molecular weight is 457 g/mol. The molecule has 0 radical (unpaired) electrons. The number of benzene rings is 2. The molecule has 0 aliphatic rings. The van der Waals surface area contributed by atoms with E-state index in [1.165, 1.54) is 0 Å². The van der Waals surface area contributed by atoms with Gasteiger partial charge in [0.25, 0.3) is 5.91 Å². The predicted molar refractivity (Wildman–Crippen MR) is 129 cm³/mol. The molecule has 8 heteroatoms. The lowest BCUT2D eigenvalue weighted by atomic mass is 10.1. The van der Waals surface area contributed by atoms with Gasteiger partial charge in [0, 0.05) is 47.5 Å². The number of H-pyrrole nitrogens is 1. The molecule has 5 rings (SSSR count). The SMILES string of the molecule is Cn1cc(-c2nc(C(=O)NCCc3c[nH]c4ccccc34)cc(-c3ccc(Cl)cc3)n2)cn1. The first-order valence-corrected chi connectivity index (χ1v) is 10.9. The molecule has 3 aromatic heterocycles. The number of rotatable bonds is 6. The van der Waals surface area contributed by atoms with Crippen LogP contribution in [0.3, 0.4) is 0 Å². The van der Waals surface area contributed by atoms with Crippen LogP contribution < -0.4 is 5.32 Å². The summed E-state index contributed by atoms with van der Waals surface area (Å²) in [6.45, 7) is 0.489. The summed E-state index contributed by atoms with van der Waals surface area (Å²) in [4.78, 5) is 25.5. The van der Waals surface area contributed by atoms with Crippen LogP contribution in [0.5, 0.6) is 0 Å². The van der Waals surface area contributed by atoms with Crippen LogP contribution in [-0.4, -0.2) is 37.2 Å². The Labute approximate surface area is 195 Å². The first-order chi connectivity index (χ1) is 16.1. The number of hydrogen-bond donors (Lipinski definition) is 2. The van der Waals surface area contributed by atoms with Crippen LogP contribution in [-0.2, 0) is 13.5 Å². The van der Waals surface area contributed by atoms with Gasteiger partial charge in [-0.3, -0.25) is 9.48 Å². The molecule has 1 amide bonds. The van der Waals surface area contributed by atoms with Crippen molar-refractivity contribution >= 4 is 28.4 Å². The number of halogens is 1. The number of hydrogen-bond acceptors (Lipinski definition) is 4. The molecule has 2 N–H and O–H groups in total. The third-order valence-corrected chi connectivity index (χ3v) is 5.67. The Balaban J connectivity index is 1.40. The zero-order chi connectivity index (χ0) is 22.8. The van der Waals surface area contributed by atoms with Crippen LogP contribution in [0.2, 0.25) is 5.02 Å². The van der Waals surface area contributed by atoms with Gasteiger partial charge in [0.2, 0.25) is 0 Å². The molecule has 3 heterocycles. The van der Waals surface area contributed by atoms with Gasteiger partial charge in [0.15, 0.2) is 5.82 Å². The van der Waals surface area contributed by atoms with E-state index in [2.05, 4.69) is 31.4 Å². The van der Waals surface area contributed by atoms with E-state index in [-0.39, 0.29) is 5.91 Å². The molecule has 33 heavy (non-hydrogen) atoms. The van der Waals surface area contributed by atoms with Crippen molar-refractivity contribution in [1.82, 2.24) is 30.0 Å². The van der Waals surface area contributed by atoms with Crippen molar-refractivity contribution in [3.63, 3.8) is 0 Å². The first-order valence-electron chi connectivity index (χ1n) is 10.5. The van der Waals surface area contributed by atoms with Crippen LogP contribution in [0.4, 0.5) is 0 Å². The minimum atomic E-state index is -0.252. The van der Waals surface area contributed by atoms with E-state index in [1.807, 2.05) is 49.8 Å². The summed E-state index contributed by atoms with van der Waals surface area (Å²) in [5.74, 6) is 0.190. The summed E-state index contributed by atoms with van der Waals surface area (Å²) in [6, 6.07) is 17.2. The van der Waals surface area contributed by atoms with Crippen LogP contribution in [0, 0.1) is 0 Å². The van der Waals surface area contributed by atoms with E-state index in [0.717, 1.165) is 27.6 Å². The van der Waals surface area contributed by atoms with Gasteiger partial charge >= 0.3 is 0 Å². The van der Waals surface area contributed by atoms with Crippen LogP contribution in [0.1, 0.15) is 16.1 Å². The van der Waals surface area contributed by atoms with E-state index in [4.69, 9.17) is 11.6 Å². The number of aromatic nitrogens is 5. The maximum atomic E-state index is 13.0. The normalized spacial score (nSPS) is 11.1. The Hall–Kier alpha value is -3.97. The number of aromatic amines is 1. The van der Waals surface area contributed by atoms with Gasteiger partial charge in [-0.15, -0.1) is 0 Å². The van der Waals surface area contributed by atoms with Crippen molar-refractivity contribution < 1.29 is 4.79 Å². The van der Waals surface area contributed by atoms with Gasteiger partial charge in [-0.2, -0.15) is 5.10 Å². The van der Waals surface area contributed by atoms with Gasteiger partial charge in [-0.05, 0) is 36.2 Å². The highest BCUT2D eigenvalue weighted by Crippen LogP contribution is 2.24. The number of nitrogens with zero attached hydrogens (tertiary/aromatic N) is 4. The second-order valence-electron chi connectivity index (χ2n) is 7.74. The van der Waals surface area contributed by atoms with Crippen molar-refractivity contribution in [2.75, 3.05) is 6.54 Å². The largest absolute Gasteiger partial charge is 0.361 e. The van der Waals surface area contributed by atoms with Gasteiger partial charge in [0.1, 0.15) is 5.69 Å².